The van der Waals surface area contributed by atoms with Gasteiger partial charge in [-0.15, -0.1) is 11.3 Å². The van der Waals surface area contributed by atoms with Crippen molar-refractivity contribution in [1.82, 2.24) is 25.8 Å². The summed E-state index contributed by atoms with van der Waals surface area (Å²) < 4.78 is 12.3. The van der Waals surface area contributed by atoms with Gasteiger partial charge in [-0.1, -0.05) is 84.3 Å². The molecule has 1 aromatic heterocycles. The molecule has 3 heterocycles. The number of ether oxygens (including phenoxy) is 2. The number of nitrogens with one attached hydrogen (secondary N) is 3. The van der Waals surface area contributed by atoms with Crippen LogP contribution in [0.1, 0.15) is 108 Å². The van der Waals surface area contributed by atoms with E-state index in [0.717, 1.165) is 53.3 Å². The number of aliphatic hydroxyl groups excluding tert-OH is 1. The number of nitrogens with zero attached hydrogens (tertiary/aromatic N) is 4. The Hall–Kier alpha value is -5.53. The third-order valence-electron chi connectivity index (χ3n) is 14.2. The Morgan fingerprint density at radius 3 is 2.25 bits per heavy atom. The number of amides is 4. The predicted octanol–water partition coefficient (Wildman–Crippen LogP) is 7.86. The molecular formula is C53H66ClN7O7S. The van der Waals surface area contributed by atoms with Crippen molar-refractivity contribution in [3.8, 4) is 22.3 Å². The first-order valence-electron chi connectivity index (χ1n) is 23.8. The maximum absolute atomic E-state index is 14.2. The molecule has 69 heavy (non-hydrogen) atoms. The van der Waals surface area contributed by atoms with E-state index in [0.29, 0.717) is 28.5 Å². The van der Waals surface area contributed by atoms with E-state index in [4.69, 9.17) is 21.1 Å². The molecule has 3 aliphatic rings. The number of β-amino-alcohol motifs (C(OH)–C–C–N with tert-alkyl or cyclic N) is 1. The van der Waals surface area contributed by atoms with Crippen LogP contribution in [0, 0.1) is 40.4 Å². The molecule has 368 valence electrons. The fourth-order valence-corrected chi connectivity index (χ4v) is 11.6. The number of nitriles is 1. The number of halogens is 1. The molecule has 1 aliphatic carbocycles. The van der Waals surface area contributed by atoms with E-state index in [-0.39, 0.29) is 66.3 Å². The van der Waals surface area contributed by atoms with Crippen molar-refractivity contribution in [2.24, 2.45) is 22.2 Å². The Bertz CT molecular complexity index is 2530. The first-order chi connectivity index (χ1) is 32.6. The zero-order valence-corrected chi connectivity index (χ0v) is 42.7. The molecule has 2 aliphatic heterocycles. The average molecular weight is 981 g/mol. The fourth-order valence-electron chi connectivity index (χ4n) is 10.5. The van der Waals surface area contributed by atoms with Gasteiger partial charge >= 0.3 is 0 Å². The van der Waals surface area contributed by atoms with Gasteiger partial charge in [-0.3, -0.25) is 19.2 Å². The summed E-state index contributed by atoms with van der Waals surface area (Å²) in [5.74, 6) is -0.555. The summed E-state index contributed by atoms with van der Waals surface area (Å²) in [6.45, 7) is 19.5. The maximum Gasteiger partial charge on any atom is 0.251 e. The predicted molar refractivity (Wildman–Crippen MR) is 268 cm³/mol. The van der Waals surface area contributed by atoms with Gasteiger partial charge in [0.1, 0.15) is 36.6 Å². The number of benzene rings is 3. The van der Waals surface area contributed by atoms with Gasteiger partial charge < -0.3 is 40.3 Å². The molecule has 4 N–H and O–H groups in total. The number of aryl methyl sites for hydroxylation is 1. The summed E-state index contributed by atoms with van der Waals surface area (Å²) in [5.41, 5.74) is 5.25. The van der Waals surface area contributed by atoms with E-state index in [1.165, 1.54) is 4.90 Å². The van der Waals surface area contributed by atoms with Gasteiger partial charge in [0, 0.05) is 60.2 Å². The van der Waals surface area contributed by atoms with Crippen LogP contribution in [0.4, 0.5) is 5.69 Å². The molecular weight excluding hydrogens is 914 g/mol. The first-order valence-corrected chi connectivity index (χ1v) is 25.0. The number of aliphatic hydroxyl groups is 1. The minimum Gasteiger partial charge on any atom is -0.489 e. The summed E-state index contributed by atoms with van der Waals surface area (Å²) >= 11 is 7.84. The Balaban J connectivity index is 0.850. The fraction of sp³-hybridized carbons (Fsp3) is 0.509. The summed E-state index contributed by atoms with van der Waals surface area (Å²) in [6.07, 6.45) is 0.722. The standard InChI is InChI=1S/C53H66ClN7O7S/c1-31(34-10-12-35(13-11-34)44-32(2)56-30-69-44)57-47(65)42-24-39(62)27-61(42)48(66)45(51(3,4)5)58-43(63)29-67-28-33-20-22-60(23-21-33)38-17-14-36(15-18-38)46(64)59-49-52(6,7)50(53(49,8)9)68-40-19-16-37(26-55)41(54)25-40/h10-19,25,30-31,33,39,42,45,49-50,62H,20-24,27-29H2,1-9H3,(H,57,65)(H,58,63)(H,59,64)/t31?,39-,42+,45-,49?,50?/m1/s1. The van der Waals surface area contributed by atoms with E-state index >= 15 is 0 Å². The van der Waals surface area contributed by atoms with Crippen molar-refractivity contribution in [2.75, 3.05) is 37.7 Å². The van der Waals surface area contributed by atoms with Gasteiger partial charge in [-0.2, -0.15) is 5.26 Å². The number of likely N-dealkylation sites (tertiary alicyclic amines) is 1. The number of anilines is 1. The molecule has 4 amide bonds. The Morgan fingerprint density at radius 1 is 0.986 bits per heavy atom. The molecule has 4 atom stereocenters. The highest BCUT2D eigenvalue weighted by molar-refractivity contribution is 7.13. The molecule has 7 rings (SSSR count). The van der Waals surface area contributed by atoms with E-state index in [2.05, 4.69) is 59.6 Å². The number of rotatable bonds is 15. The van der Waals surface area contributed by atoms with Crippen LogP contribution in [0.2, 0.25) is 5.02 Å². The second-order valence-corrected chi connectivity index (χ2v) is 22.4. The van der Waals surface area contributed by atoms with E-state index in [1.54, 1.807) is 29.5 Å². The second kappa shape index (κ2) is 20.8. The van der Waals surface area contributed by atoms with Gasteiger partial charge in [0.2, 0.25) is 17.7 Å². The van der Waals surface area contributed by atoms with Crippen LogP contribution in [0.15, 0.2) is 72.2 Å². The lowest BCUT2D eigenvalue weighted by Gasteiger charge is -2.63. The number of piperidine rings is 1. The van der Waals surface area contributed by atoms with Crippen LogP contribution in [0.5, 0.6) is 5.75 Å². The Morgan fingerprint density at radius 2 is 1.65 bits per heavy atom. The molecule has 3 fully saturated rings. The molecule has 2 saturated heterocycles. The van der Waals surface area contributed by atoms with E-state index in [1.807, 2.05) is 88.7 Å². The Labute approximate surface area is 415 Å². The van der Waals surface area contributed by atoms with Gasteiger partial charge in [-0.25, -0.2) is 4.98 Å². The lowest BCUT2D eigenvalue weighted by atomic mass is 9.49. The van der Waals surface area contributed by atoms with E-state index in [9.17, 15) is 29.5 Å². The zero-order chi connectivity index (χ0) is 50.0. The molecule has 1 saturated carbocycles. The monoisotopic (exact) mass is 979 g/mol. The maximum atomic E-state index is 14.2. The van der Waals surface area contributed by atoms with Crippen molar-refractivity contribution in [3.63, 3.8) is 0 Å². The van der Waals surface area contributed by atoms with Crippen molar-refractivity contribution in [1.29, 1.82) is 5.26 Å². The smallest absolute Gasteiger partial charge is 0.251 e. The summed E-state index contributed by atoms with van der Waals surface area (Å²) in [5, 5.41) is 29.4. The number of carbonyl (C=O) groups is 4. The number of hydrogen-bond acceptors (Lipinski definition) is 11. The Kier molecular flexibility index (Phi) is 15.5. The largest absolute Gasteiger partial charge is 0.489 e. The number of hydrogen-bond donors (Lipinski definition) is 4. The average Bonchev–Trinajstić information content (AvgIpc) is 3.93. The van der Waals surface area contributed by atoms with Gasteiger partial charge in [0.25, 0.3) is 5.91 Å². The van der Waals surface area contributed by atoms with Crippen LogP contribution < -0.4 is 25.6 Å². The van der Waals surface area contributed by atoms with Crippen molar-refractivity contribution >= 4 is 52.3 Å². The lowest BCUT2D eigenvalue weighted by molar-refractivity contribution is -0.164. The normalized spacial score (nSPS) is 21.9. The van der Waals surface area contributed by atoms with Crippen LogP contribution >= 0.6 is 22.9 Å². The molecule has 1 unspecified atom stereocenters. The molecule has 4 aromatic rings. The minimum absolute atomic E-state index is 0.0141. The van der Waals surface area contributed by atoms with E-state index < -0.39 is 35.4 Å². The van der Waals surface area contributed by atoms with Crippen molar-refractivity contribution < 1.29 is 33.8 Å². The van der Waals surface area contributed by atoms with Crippen LogP contribution in [0.3, 0.4) is 0 Å². The molecule has 0 spiro atoms. The highest BCUT2D eigenvalue weighted by atomic mass is 35.5. The minimum atomic E-state index is -0.958. The quantitative estimate of drug-likeness (QED) is 0.0914. The third-order valence-corrected chi connectivity index (χ3v) is 15.5. The third kappa shape index (κ3) is 11.4. The number of thiazole rings is 1. The lowest BCUT2D eigenvalue weighted by Crippen LogP contribution is -2.74. The van der Waals surface area contributed by atoms with Crippen LogP contribution in [0.25, 0.3) is 10.4 Å². The second-order valence-electron chi connectivity index (χ2n) is 21.2. The molecule has 14 nitrogen and oxygen atoms in total. The van der Waals surface area contributed by atoms with Gasteiger partial charge in [-0.05, 0) is 85.5 Å². The van der Waals surface area contributed by atoms with Crippen LogP contribution in [-0.2, 0) is 19.1 Å². The topological polar surface area (TPSA) is 186 Å². The van der Waals surface area contributed by atoms with Crippen molar-refractivity contribution in [3.05, 3.63) is 99.6 Å². The highest BCUT2D eigenvalue weighted by Crippen LogP contribution is 2.55. The van der Waals surface area contributed by atoms with Gasteiger partial charge in [0.15, 0.2) is 0 Å². The highest BCUT2D eigenvalue weighted by Gasteiger charge is 2.64. The molecule has 0 bridgehead atoms. The number of carbonyl (C=O) groups excluding carboxylic acids is 4. The zero-order valence-electron chi connectivity index (χ0n) is 41.1. The first kappa shape index (κ1) is 51.3. The van der Waals surface area contributed by atoms with Crippen molar-refractivity contribution in [2.45, 2.75) is 118 Å². The SMILES string of the molecule is Cc1ncsc1-c1ccc(C(C)NC(=O)[C@@H]2C[C@@H](O)CN2C(=O)[C@@H](NC(=O)COCC2CCN(c3ccc(C(=O)NC4C(C)(C)C(Oc5ccc(C#N)c(Cl)c5)C4(C)C)cc3)CC2)C(C)(C)C)cc1. The number of aromatic nitrogens is 1. The molecule has 16 heteroatoms. The summed E-state index contributed by atoms with van der Waals surface area (Å²) in [4.78, 5) is 63.9. The van der Waals surface area contributed by atoms with Gasteiger partial charge in [0.05, 0.1) is 45.4 Å². The molecule has 0 radical (unpaired) electrons. The summed E-state index contributed by atoms with van der Waals surface area (Å²) in [6, 6.07) is 20.4. The van der Waals surface area contributed by atoms with Crippen LogP contribution in [-0.4, -0.2) is 102 Å². The molecule has 3 aromatic carbocycles. The summed E-state index contributed by atoms with van der Waals surface area (Å²) in [7, 11) is 0.